The number of amides is 1. The van der Waals surface area contributed by atoms with Crippen molar-refractivity contribution in [3.8, 4) is 11.5 Å². The lowest BCUT2D eigenvalue weighted by Gasteiger charge is -2.22. The first kappa shape index (κ1) is 19.2. The molecule has 0 radical (unpaired) electrons. The lowest BCUT2D eigenvalue weighted by Crippen LogP contribution is -3.12. The van der Waals surface area contributed by atoms with Crippen molar-refractivity contribution in [2.24, 2.45) is 0 Å². The van der Waals surface area contributed by atoms with Crippen molar-refractivity contribution in [3.05, 3.63) is 53.6 Å². The van der Waals surface area contributed by atoms with E-state index in [0.29, 0.717) is 24.9 Å². The quantitative estimate of drug-likeness (QED) is 0.823. The Morgan fingerprint density at radius 2 is 1.70 bits per heavy atom. The average molecular weight is 369 g/mol. The molecular formula is C22H29N2O3+. The number of nitrogens with one attached hydrogen (secondary N) is 2. The van der Waals surface area contributed by atoms with E-state index in [1.807, 2.05) is 32.2 Å². The first-order chi connectivity index (χ1) is 12.9. The predicted molar refractivity (Wildman–Crippen MR) is 107 cm³/mol. The highest BCUT2D eigenvalue weighted by Crippen LogP contribution is 2.32. The summed E-state index contributed by atoms with van der Waals surface area (Å²) >= 11 is 0. The molecule has 0 bridgehead atoms. The molecule has 5 heteroatoms. The minimum Gasteiger partial charge on any atom is -0.486 e. The van der Waals surface area contributed by atoms with Crippen LogP contribution in [0, 0.1) is 0 Å². The summed E-state index contributed by atoms with van der Waals surface area (Å²) in [5, 5.41) is 2.99. The second-order valence-corrected chi connectivity index (χ2v) is 7.49. The van der Waals surface area contributed by atoms with E-state index in [-0.39, 0.29) is 11.9 Å². The topological polar surface area (TPSA) is 52.0 Å². The van der Waals surface area contributed by atoms with Gasteiger partial charge in [0.2, 0.25) is 0 Å². The van der Waals surface area contributed by atoms with Crippen LogP contribution < -0.4 is 19.7 Å². The third-order valence-electron chi connectivity index (χ3n) is 5.07. The summed E-state index contributed by atoms with van der Waals surface area (Å²) < 4.78 is 11.1. The summed E-state index contributed by atoms with van der Waals surface area (Å²) in [7, 11) is 2.05. The van der Waals surface area contributed by atoms with Gasteiger partial charge in [-0.2, -0.15) is 0 Å². The summed E-state index contributed by atoms with van der Waals surface area (Å²) in [5.41, 5.74) is 3.29. The molecule has 1 aliphatic heterocycles. The molecule has 1 aliphatic rings. The van der Waals surface area contributed by atoms with Crippen molar-refractivity contribution in [1.82, 2.24) is 0 Å². The van der Waals surface area contributed by atoms with Crippen molar-refractivity contribution in [2.45, 2.75) is 39.3 Å². The van der Waals surface area contributed by atoms with Gasteiger partial charge in [0, 0.05) is 17.3 Å². The van der Waals surface area contributed by atoms with E-state index in [0.717, 1.165) is 22.9 Å². The number of fused-ring (bicyclic) bond motifs is 1. The molecule has 0 fully saturated rings. The van der Waals surface area contributed by atoms with Crippen molar-refractivity contribution in [3.63, 3.8) is 0 Å². The highest BCUT2D eigenvalue weighted by molar-refractivity contribution is 5.93. The molecule has 0 saturated heterocycles. The van der Waals surface area contributed by atoms with E-state index in [1.165, 1.54) is 11.1 Å². The summed E-state index contributed by atoms with van der Waals surface area (Å²) in [6.45, 7) is 8.22. The average Bonchev–Trinajstić information content (AvgIpc) is 2.67. The number of rotatable bonds is 6. The van der Waals surface area contributed by atoms with E-state index >= 15 is 0 Å². The number of quaternary nitrogens is 1. The number of likely N-dealkylation sites (N-methyl/N-ethyl adjacent to an activating group) is 1. The zero-order chi connectivity index (χ0) is 19.4. The SMILES string of the molecule is CC(C)c1ccc(C[NH+](C)[C@@H](C)C(=O)Nc2ccc3c(c2)OCCO3)cc1. The third-order valence-corrected chi connectivity index (χ3v) is 5.07. The molecule has 1 amide bonds. The minimum absolute atomic E-state index is 0.0111. The van der Waals surface area contributed by atoms with Crippen LogP contribution in [-0.2, 0) is 11.3 Å². The van der Waals surface area contributed by atoms with E-state index < -0.39 is 0 Å². The second-order valence-electron chi connectivity index (χ2n) is 7.49. The molecule has 2 N–H and O–H groups in total. The number of hydrogen-bond donors (Lipinski definition) is 2. The maximum Gasteiger partial charge on any atom is 0.282 e. The fraction of sp³-hybridized carbons (Fsp3) is 0.409. The lowest BCUT2D eigenvalue weighted by atomic mass is 10.0. The van der Waals surface area contributed by atoms with Gasteiger partial charge in [-0.05, 0) is 30.5 Å². The van der Waals surface area contributed by atoms with Gasteiger partial charge in [-0.3, -0.25) is 4.79 Å². The molecule has 2 aromatic carbocycles. The fourth-order valence-electron chi connectivity index (χ4n) is 3.09. The molecular weight excluding hydrogens is 340 g/mol. The number of ether oxygens (including phenoxy) is 2. The van der Waals surface area contributed by atoms with Crippen molar-refractivity contribution < 1.29 is 19.2 Å². The van der Waals surface area contributed by atoms with Crippen LogP contribution in [0.2, 0.25) is 0 Å². The standard InChI is InChI=1S/C22H28N2O3/c1-15(2)18-7-5-17(6-8-18)14-24(4)16(3)22(25)23-19-9-10-20-21(13-19)27-12-11-26-20/h5-10,13,15-16H,11-12,14H2,1-4H3,(H,23,25)/p+1/t16-/m0/s1. The van der Waals surface area contributed by atoms with E-state index in [1.54, 1.807) is 0 Å². The van der Waals surface area contributed by atoms with E-state index in [9.17, 15) is 4.79 Å². The fourth-order valence-corrected chi connectivity index (χ4v) is 3.09. The Bertz CT molecular complexity index is 787. The van der Waals surface area contributed by atoms with Gasteiger partial charge >= 0.3 is 0 Å². The van der Waals surface area contributed by atoms with Gasteiger partial charge in [0.05, 0.1) is 7.05 Å². The first-order valence-corrected chi connectivity index (χ1v) is 9.55. The van der Waals surface area contributed by atoms with Gasteiger partial charge in [0.25, 0.3) is 5.91 Å². The Balaban J connectivity index is 1.59. The Hall–Kier alpha value is -2.53. The third kappa shape index (κ3) is 4.80. The van der Waals surface area contributed by atoms with Crippen molar-refractivity contribution in [2.75, 3.05) is 25.6 Å². The van der Waals surface area contributed by atoms with Gasteiger partial charge in [0.1, 0.15) is 19.8 Å². The van der Waals surface area contributed by atoms with Crippen LogP contribution >= 0.6 is 0 Å². The Kier molecular flexibility index (Phi) is 6.01. The Morgan fingerprint density at radius 3 is 2.37 bits per heavy atom. The largest absolute Gasteiger partial charge is 0.486 e. The van der Waals surface area contributed by atoms with Crippen LogP contribution in [-0.4, -0.2) is 32.2 Å². The molecule has 2 aromatic rings. The molecule has 0 aliphatic carbocycles. The predicted octanol–water partition coefficient (Wildman–Crippen LogP) is 2.62. The molecule has 2 atom stereocenters. The summed E-state index contributed by atoms with van der Waals surface area (Å²) in [5.74, 6) is 1.92. The monoisotopic (exact) mass is 369 g/mol. The molecule has 0 saturated carbocycles. The Morgan fingerprint density at radius 1 is 1.04 bits per heavy atom. The normalized spacial score (nSPS) is 15.3. The number of carbonyl (C=O) groups excluding carboxylic acids is 1. The molecule has 1 heterocycles. The Labute approximate surface area is 161 Å². The maximum atomic E-state index is 12.7. The maximum absolute atomic E-state index is 12.7. The summed E-state index contributed by atoms with van der Waals surface area (Å²) in [4.78, 5) is 13.8. The molecule has 0 spiro atoms. The number of benzene rings is 2. The smallest absolute Gasteiger partial charge is 0.282 e. The van der Waals surface area contributed by atoms with Crippen LogP contribution in [0.25, 0.3) is 0 Å². The van der Waals surface area contributed by atoms with Gasteiger partial charge in [-0.25, -0.2) is 0 Å². The number of carbonyl (C=O) groups is 1. The second kappa shape index (κ2) is 8.44. The molecule has 5 nitrogen and oxygen atoms in total. The molecule has 3 rings (SSSR count). The highest BCUT2D eigenvalue weighted by atomic mass is 16.6. The van der Waals surface area contributed by atoms with Gasteiger partial charge in [-0.1, -0.05) is 38.1 Å². The van der Waals surface area contributed by atoms with Gasteiger partial charge in [0.15, 0.2) is 17.5 Å². The van der Waals surface area contributed by atoms with Crippen LogP contribution in [0.5, 0.6) is 11.5 Å². The van der Waals surface area contributed by atoms with Crippen LogP contribution in [0.15, 0.2) is 42.5 Å². The minimum atomic E-state index is -0.178. The molecule has 27 heavy (non-hydrogen) atoms. The molecule has 1 unspecified atom stereocenters. The van der Waals surface area contributed by atoms with Gasteiger partial charge in [-0.15, -0.1) is 0 Å². The zero-order valence-electron chi connectivity index (χ0n) is 16.5. The molecule has 144 valence electrons. The first-order valence-electron chi connectivity index (χ1n) is 9.55. The lowest BCUT2D eigenvalue weighted by molar-refractivity contribution is -0.907. The van der Waals surface area contributed by atoms with E-state index in [4.69, 9.17) is 9.47 Å². The summed E-state index contributed by atoms with van der Waals surface area (Å²) in [6, 6.07) is 14.0. The van der Waals surface area contributed by atoms with Gasteiger partial charge < -0.3 is 19.7 Å². The van der Waals surface area contributed by atoms with E-state index in [2.05, 4.69) is 43.4 Å². The highest BCUT2D eigenvalue weighted by Gasteiger charge is 2.23. The summed E-state index contributed by atoms with van der Waals surface area (Å²) in [6.07, 6.45) is 0. The van der Waals surface area contributed by atoms with Crippen LogP contribution in [0.3, 0.4) is 0 Å². The number of hydrogen-bond acceptors (Lipinski definition) is 3. The van der Waals surface area contributed by atoms with Crippen LogP contribution in [0.4, 0.5) is 5.69 Å². The zero-order valence-corrected chi connectivity index (χ0v) is 16.5. The number of anilines is 1. The van der Waals surface area contributed by atoms with Crippen LogP contribution in [0.1, 0.15) is 37.8 Å². The van der Waals surface area contributed by atoms with Crippen molar-refractivity contribution in [1.29, 1.82) is 0 Å². The van der Waals surface area contributed by atoms with Crippen molar-refractivity contribution >= 4 is 11.6 Å². The molecule has 0 aromatic heterocycles.